The quantitative estimate of drug-likeness (QED) is 0.654. The van der Waals surface area contributed by atoms with Crippen molar-refractivity contribution in [2.24, 2.45) is 0 Å². The molecule has 2 nitrogen and oxygen atoms in total. The van der Waals surface area contributed by atoms with Gasteiger partial charge in [-0.25, -0.2) is 9.37 Å². The lowest BCUT2D eigenvalue weighted by molar-refractivity contribution is 0.630. The fourth-order valence-electron chi connectivity index (χ4n) is 2.09. The molecule has 0 bridgehead atoms. The summed E-state index contributed by atoms with van der Waals surface area (Å²) in [7, 11) is 0. The maximum atomic E-state index is 13.2. The molecule has 102 valence electrons. The zero-order valence-corrected chi connectivity index (χ0v) is 13.4. The van der Waals surface area contributed by atoms with E-state index in [0.717, 1.165) is 25.5 Å². The first-order valence-electron chi connectivity index (χ1n) is 6.13. The van der Waals surface area contributed by atoms with E-state index >= 15 is 0 Å². The Morgan fingerprint density at radius 2 is 1.85 bits per heavy atom. The third kappa shape index (κ3) is 2.55. The third-order valence-corrected chi connectivity index (χ3v) is 5.22. The number of nitrogens with one attached hydrogen (secondary N) is 1. The van der Waals surface area contributed by atoms with E-state index in [4.69, 9.17) is 0 Å². The van der Waals surface area contributed by atoms with Crippen LogP contribution in [0.4, 0.5) is 15.2 Å². The summed E-state index contributed by atoms with van der Waals surface area (Å²) in [6.07, 6.45) is 0. The Hall–Kier alpha value is -1.46. The number of thiazole rings is 1. The number of hydrogen-bond donors (Lipinski definition) is 1. The highest BCUT2D eigenvalue weighted by Crippen LogP contribution is 2.31. The molecule has 0 aliphatic carbocycles. The summed E-state index contributed by atoms with van der Waals surface area (Å²) in [5.41, 5.74) is 4.13. The van der Waals surface area contributed by atoms with Crippen LogP contribution in [-0.4, -0.2) is 4.98 Å². The lowest BCUT2D eigenvalue weighted by Crippen LogP contribution is -1.92. The Bertz CT molecular complexity index is 775. The van der Waals surface area contributed by atoms with Crippen molar-refractivity contribution in [2.45, 2.75) is 13.8 Å². The number of aryl methyl sites for hydroxylation is 2. The molecule has 3 rings (SSSR count). The van der Waals surface area contributed by atoms with Crippen molar-refractivity contribution in [3.05, 3.63) is 51.7 Å². The van der Waals surface area contributed by atoms with Gasteiger partial charge in [-0.3, -0.25) is 0 Å². The van der Waals surface area contributed by atoms with Gasteiger partial charge in [0, 0.05) is 10.2 Å². The molecule has 0 aliphatic heterocycles. The molecule has 0 amide bonds. The molecule has 0 radical (unpaired) electrons. The van der Waals surface area contributed by atoms with Gasteiger partial charge in [0.1, 0.15) is 5.82 Å². The molecule has 0 aliphatic rings. The van der Waals surface area contributed by atoms with Gasteiger partial charge in [-0.15, -0.1) is 0 Å². The Morgan fingerprint density at radius 3 is 2.55 bits per heavy atom. The highest BCUT2D eigenvalue weighted by atomic mass is 79.9. The Kier molecular flexibility index (Phi) is 3.48. The SMILES string of the molecule is Cc1cc(Nc2nc3ccc(F)cc3s2)cc(C)c1Br. The van der Waals surface area contributed by atoms with Crippen LogP contribution in [0.3, 0.4) is 0 Å². The summed E-state index contributed by atoms with van der Waals surface area (Å²) < 4.78 is 15.1. The van der Waals surface area contributed by atoms with Gasteiger partial charge in [-0.1, -0.05) is 27.3 Å². The van der Waals surface area contributed by atoms with Crippen molar-refractivity contribution < 1.29 is 4.39 Å². The van der Waals surface area contributed by atoms with E-state index in [1.54, 1.807) is 6.07 Å². The monoisotopic (exact) mass is 350 g/mol. The van der Waals surface area contributed by atoms with E-state index in [1.807, 2.05) is 0 Å². The first-order chi connectivity index (χ1) is 9.52. The molecule has 0 atom stereocenters. The minimum atomic E-state index is -0.233. The van der Waals surface area contributed by atoms with E-state index in [0.29, 0.717) is 0 Å². The van der Waals surface area contributed by atoms with Crippen molar-refractivity contribution in [3.63, 3.8) is 0 Å². The van der Waals surface area contributed by atoms with Crippen molar-refractivity contribution in [1.82, 2.24) is 4.98 Å². The van der Waals surface area contributed by atoms with E-state index in [-0.39, 0.29) is 5.82 Å². The zero-order chi connectivity index (χ0) is 14.3. The van der Waals surface area contributed by atoms with Crippen molar-refractivity contribution in [2.75, 3.05) is 5.32 Å². The second-order valence-electron chi connectivity index (χ2n) is 4.68. The Labute approximate surface area is 128 Å². The predicted molar refractivity (Wildman–Crippen MR) is 86.5 cm³/mol. The topological polar surface area (TPSA) is 24.9 Å². The summed E-state index contributed by atoms with van der Waals surface area (Å²) in [4.78, 5) is 4.46. The molecule has 0 unspecified atom stereocenters. The van der Waals surface area contributed by atoms with Crippen LogP contribution in [-0.2, 0) is 0 Å². The largest absolute Gasteiger partial charge is 0.332 e. The molecule has 0 saturated heterocycles. The average molecular weight is 351 g/mol. The number of halogens is 2. The van der Waals surface area contributed by atoms with Gasteiger partial charge in [0.2, 0.25) is 0 Å². The lowest BCUT2D eigenvalue weighted by Gasteiger charge is -2.08. The van der Waals surface area contributed by atoms with E-state index in [2.05, 4.69) is 52.2 Å². The van der Waals surface area contributed by atoms with E-state index in [9.17, 15) is 4.39 Å². The first-order valence-corrected chi connectivity index (χ1v) is 7.74. The van der Waals surface area contributed by atoms with Gasteiger partial charge in [0.25, 0.3) is 0 Å². The lowest BCUT2D eigenvalue weighted by atomic mass is 10.1. The van der Waals surface area contributed by atoms with Crippen LogP contribution in [0.2, 0.25) is 0 Å². The molecule has 1 N–H and O–H groups in total. The Balaban J connectivity index is 1.96. The van der Waals surface area contributed by atoms with Gasteiger partial charge in [0.05, 0.1) is 10.2 Å². The number of benzene rings is 2. The number of nitrogens with zero attached hydrogens (tertiary/aromatic N) is 1. The summed E-state index contributed by atoms with van der Waals surface area (Å²) in [6.45, 7) is 4.10. The van der Waals surface area contributed by atoms with Crippen LogP contribution in [0.5, 0.6) is 0 Å². The number of fused-ring (bicyclic) bond motifs is 1. The minimum absolute atomic E-state index is 0.233. The number of hydrogen-bond acceptors (Lipinski definition) is 3. The highest BCUT2D eigenvalue weighted by Gasteiger charge is 2.07. The first kappa shape index (κ1) is 13.5. The van der Waals surface area contributed by atoms with Gasteiger partial charge in [-0.2, -0.15) is 0 Å². The summed E-state index contributed by atoms with van der Waals surface area (Å²) in [6, 6.07) is 8.76. The summed E-state index contributed by atoms with van der Waals surface area (Å²) >= 11 is 5.00. The van der Waals surface area contributed by atoms with Crippen LogP contribution < -0.4 is 5.32 Å². The smallest absolute Gasteiger partial charge is 0.188 e. The second-order valence-corrected chi connectivity index (χ2v) is 6.50. The van der Waals surface area contributed by atoms with Crippen molar-refractivity contribution in [1.29, 1.82) is 0 Å². The zero-order valence-electron chi connectivity index (χ0n) is 11.0. The number of anilines is 2. The van der Waals surface area contributed by atoms with Crippen LogP contribution in [0.15, 0.2) is 34.8 Å². The molecule has 1 aromatic heterocycles. The minimum Gasteiger partial charge on any atom is -0.332 e. The Morgan fingerprint density at radius 1 is 1.15 bits per heavy atom. The third-order valence-electron chi connectivity index (χ3n) is 3.04. The molecule has 20 heavy (non-hydrogen) atoms. The van der Waals surface area contributed by atoms with Gasteiger partial charge in [-0.05, 0) is 55.3 Å². The maximum Gasteiger partial charge on any atom is 0.188 e. The number of rotatable bonds is 2. The van der Waals surface area contributed by atoms with E-state index in [1.165, 1.54) is 34.6 Å². The van der Waals surface area contributed by atoms with Crippen molar-refractivity contribution in [3.8, 4) is 0 Å². The molecule has 3 aromatic rings. The molecular formula is C15H12BrFN2S. The van der Waals surface area contributed by atoms with Crippen LogP contribution in [0.25, 0.3) is 10.2 Å². The summed E-state index contributed by atoms with van der Waals surface area (Å²) in [5.74, 6) is -0.233. The fourth-order valence-corrected chi connectivity index (χ4v) is 3.23. The van der Waals surface area contributed by atoms with Gasteiger partial charge >= 0.3 is 0 Å². The van der Waals surface area contributed by atoms with Gasteiger partial charge in [0.15, 0.2) is 5.13 Å². The molecular weight excluding hydrogens is 339 g/mol. The van der Waals surface area contributed by atoms with Crippen LogP contribution in [0, 0.1) is 19.7 Å². The second kappa shape index (κ2) is 5.14. The van der Waals surface area contributed by atoms with Crippen LogP contribution in [0.1, 0.15) is 11.1 Å². The fraction of sp³-hybridized carbons (Fsp3) is 0.133. The molecule has 0 fully saturated rings. The molecule has 2 aromatic carbocycles. The molecule has 1 heterocycles. The normalized spacial score (nSPS) is 11.0. The highest BCUT2D eigenvalue weighted by molar-refractivity contribution is 9.10. The van der Waals surface area contributed by atoms with Crippen molar-refractivity contribution >= 4 is 48.3 Å². The van der Waals surface area contributed by atoms with Crippen LogP contribution >= 0.6 is 27.3 Å². The standard InChI is InChI=1S/C15H12BrFN2S/c1-8-5-11(6-9(2)14(8)16)18-15-19-12-4-3-10(17)7-13(12)20-15/h3-7H,1-2H3,(H,18,19). The average Bonchev–Trinajstić information content (AvgIpc) is 2.77. The number of aromatic nitrogens is 1. The molecule has 0 spiro atoms. The molecule has 5 heteroatoms. The molecule has 0 saturated carbocycles. The predicted octanol–water partition coefficient (Wildman–Crippen LogP) is 5.56. The maximum absolute atomic E-state index is 13.2. The van der Waals surface area contributed by atoms with E-state index < -0.39 is 0 Å². The van der Waals surface area contributed by atoms with Gasteiger partial charge < -0.3 is 5.32 Å². The summed E-state index contributed by atoms with van der Waals surface area (Å²) in [5, 5.41) is 4.06.